The standard InChI is InChI=1S/C30H34N4O/c1-21-13-14-26(17-23(21)3)28-12-8-9-22(2)29(32-28)18-27(31)30(35)34-16-15-33(24(4)19-34)20-25-10-6-5-7-11-25/h5-14,17-18,24H,2,15-16,19-20,31H2,1,3-4H3/b27-18-/t24-/m0/s1. The molecule has 1 saturated heterocycles. The van der Waals surface area contributed by atoms with Gasteiger partial charge >= 0.3 is 0 Å². The summed E-state index contributed by atoms with van der Waals surface area (Å²) in [6.45, 7) is 13.4. The summed E-state index contributed by atoms with van der Waals surface area (Å²) in [5.41, 5.74) is 13.4. The SMILES string of the molecule is C=C1C=CC=C(c2ccc(C)c(C)c2)N=C1/C=C(\N)C(=O)N1CCN(Cc2ccccc2)[C@@H](C)C1. The highest BCUT2D eigenvalue weighted by Gasteiger charge is 2.27. The lowest BCUT2D eigenvalue weighted by molar-refractivity contribution is -0.130. The molecule has 2 aliphatic rings. The van der Waals surface area contributed by atoms with Crippen LogP contribution in [0.1, 0.15) is 29.2 Å². The van der Waals surface area contributed by atoms with Crippen molar-refractivity contribution < 1.29 is 4.79 Å². The monoisotopic (exact) mass is 466 g/mol. The lowest BCUT2D eigenvalue weighted by atomic mass is 10.0. The topological polar surface area (TPSA) is 61.9 Å². The number of amides is 1. The van der Waals surface area contributed by atoms with Crippen LogP contribution in [0.25, 0.3) is 5.70 Å². The first-order valence-electron chi connectivity index (χ1n) is 12.1. The third-order valence-electron chi connectivity index (χ3n) is 6.74. The maximum Gasteiger partial charge on any atom is 0.269 e. The molecule has 0 radical (unpaired) electrons. The highest BCUT2D eigenvalue weighted by atomic mass is 16.2. The maximum atomic E-state index is 13.2. The second kappa shape index (κ2) is 10.7. The minimum Gasteiger partial charge on any atom is -0.394 e. The molecule has 1 fully saturated rings. The Hall–Kier alpha value is -3.70. The summed E-state index contributed by atoms with van der Waals surface area (Å²) in [6, 6.07) is 17.0. The van der Waals surface area contributed by atoms with Gasteiger partial charge in [0.15, 0.2) is 0 Å². The van der Waals surface area contributed by atoms with Crippen LogP contribution in [0, 0.1) is 13.8 Å². The van der Waals surface area contributed by atoms with Gasteiger partial charge in [0.05, 0.1) is 17.1 Å². The molecular weight excluding hydrogens is 432 g/mol. The summed E-state index contributed by atoms with van der Waals surface area (Å²) in [7, 11) is 0. The van der Waals surface area contributed by atoms with E-state index in [0.717, 1.165) is 29.9 Å². The lowest BCUT2D eigenvalue weighted by Gasteiger charge is -2.40. The van der Waals surface area contributed by atoms with Gasteiger partial charge in [0.1, 0.15) is 0 Å². The van der Waals surface area contributed by atoms with Gasteiger partial charge in [0.2, 0.25) is 0 Å². The molecule has 5 nitrogen and oxygen atoms in total. The van der Waals surface area contributed by atoms with Gasteiger partial charge in [0, 0.05) is 37.8 Å². The Kier molecular flexibility index (Phi) is 7.47. The average Bonchev–Trinajstić information content (AvgIpc) is 3.03. The smallest absolute Gasteiger partial charge is 0.269 e. The first-order chi connectivity index (χ1) is 16.8. The molecule has 5 heteroatoms. The number of piperazine rings is 1. The number of nitrogens with two attached hydrogens (primary N) is 1. The number of hydrogen-bond donors (Lipinski definition) is 1. The van der Waals surface area contributed by atoms with Gasteiger partial charge in [0.25, 0.3) is 5.91 Å². The Labute approximate surface area is 208 Å². The van der Waals surface area contributed by atoms with E-state index in [1.165, 1.54) is 16.7 Å². The van der Waals surface area contributed by atoms with Crippen molar-refractivity contribution in [2.24, 2.45) is 10.7 Å². The Bertz CT molecular complexity index is 1240. The first-order valence-corrected chi connectivity index (χ1v) is 12.1. The summed E-state index contributed by atoms with van der Waals surface area (Å²) >= 11 is 0. The zero-order valence-corrected chi connectivity index (χ0v) is 20.9. The Morgan fingerprint density at radius 2 is 1.91 bits per heavy atom. The molecule has 0 bridgehead atoms. The van der Waals surface area contributed by atoms with E-state index in [-0.39, 0.29) is 17.6 Å². The summed E-state index contributed by atoms with van der Waals surface area (Å²) in [5, 5.41) is 0. The summed E-state index contributed by atoms with van der Waals surface area (Å²) in [6.07, 6.45) is 7.45. The van der Waals surface area contributed by atoms with Crippen LogP contribution in [0.5, 0.6) is 0 Å². The molecule has 35 heavy (non-hydrogen) atoms. The van der Waals surface area contributed by atoms with Gasteiger partial charge in [-0.05, 0) is 61.3 Å². The van der Waals surface area contributed by atoms with Crippen LogP contribution >= 0.6 is 0 Å². The minimum atomic E-state index is -0.156. The number of nitrogens with zero attached hydrogens (tertiary/aromatic N) is 3. The summed E-state index contributed by atoms with van der Waals surface area (Å²) < 4.78 is 0. The third-order valence-corrected chi connectivity index (χ3v) is 6.74. The van der Waals surface area contributed by atoms with Gasteiger partial charge in [-0.1, -0.05) is 61.2 Å². The zero-order valence-electron chi connectivity index (χ0n) is 20.9. The molecule has 2 aromatic rings. The summed E-state index contributed by atoms with van der Waals surface area (Å²) in [5.74, 6) is -0.156. The number of carbonyl (C=O) groups excluding carboxylic acids is 1. The van der Waals surface area contributed by atoms with Crippen molar-refractivity contribution >= 4 is 17.3 Å². The minimum absolute atomic E-state index is 0.156. The van der Waals surface area contributed by atoms with Crippen molar-refractivity contribution in [3.8, 4) is 0 Å². The quantitative estimate of drug-likeness (QED) is 0.645. The van der Waals surface area contributed by atoms with Crippen molar-refractivity contribution in [1.29, 1.82) is 0 Å². The number of hydrogen-bond acceptors (Lipinski definition) is 4. The molecule has 0 aliphatic carbocycles. The number of allylic oxidation sites excluding steroid dienone is 5. The Morgan fingerprint density at radius 3 is 2.63 bits per heavy atom. The van der Waals surface area contributed by atoms with E-state index in [4.69, 9.17) is 10.7 Å². The van der Waals surface area contributed by atoms with Crippen LogP contribution in [-0.4, -0.2) is 47.1 Å². The van der Waals surface area contributed by atoms with E-state index in [1.54, 1.807) is 6.08 Å². The van der Waals surface area contributed by atoms with E-state index < -0.39 is 0 Å². The number of aryl methyl sites for hydroxylation is 2. The van der Waals surface area contributed by atoms with Crippen molar-refractivity contribution in [3.63, 3.8) is 0 Å². The normalized spacial score (nSPS) is 19.3. The molecule has 0 aromatic heterocycles. The summed E-state index contributed by atoms with van der Waals surface area (Å²) in [4.78, 5) is 22.3. The van der Waals surface area contributed by atoms with E-state index in [2.05, 4.69) is 74.7 Å². The Balaban J connectivity index is 1.47. The van der Waals surface area contributed by atoms with E-state index >= 15 is 0 Å². The van der Waals surface area contributed by atoms with Crippen LogP contribution in [0.2, 0.25) is 0 Å². The highest BCUT2D eigenvalue weighted by Crippen LogP contribution is 2.23. The van der Waals surface area contributed by atoms with Crippen LogP contribution in [0.3, 0.4) is 0 Å². The molecule has 0 unspecified atom stereocenters. The molecule has 1 amide bonds. The fraction of sp³-hybridized carbons (Fsp3) is 0.267. The van der Waals surface area contributed by atoms with Gasteiger partial charge < -0.3 is 10.6 Å². The second-order valence-corrected chi connectivity index (χ2v) is 9.39. The van der Waals surface area contributed by atoms with Crippen LogP contribution < -0.4 is 5.73 Å². The number of carbonyl (C=O) groups is 1. The van der Waals surface area contributed by atoms with Crippen LogP contribution in [0.4, 0.5) is 0 Å². The number of benzene rings is 2. The molecule has 2 N–H and O–H groups in total. The number of aliphatic imine (C=N–C) groups is 1. The van der Waals surface area contributed by atoms with E-state index in [1.807, 2.05) is 29.2 Å². The molecule has 180 valence electrons. The number of rotatable bonds is 5. The van der Waals surface area contributed by atoms with Crippen molar-refractivity contribution in [2.45, 2.75) is 33.4 Å². The van der Waals surface area contributed by atoms with Crippen molar-refractivity contribution in [3.05, 3.63) is 113 Å². The third kappa shape index (κ3) is 5.87. The molecule has 2 aromatic carbocycles. The van der Waals surface area contributed by atoms with Gasteiger partial charge in [-0.25, -0.2) is 4.99 Å². The molecule has 0 spiro atoms. The van der Waals surface area contributed by atoms with Crippen molar-refractivity contribution in [2.75, 3.05) is 19.6 Å². The maximum absolute atomic E-state index is 13.2. The van der Waals surface area contributed by atoms with Gasteiger partial charge in [-0.15, -0.1) is 0 Å². The molecule has 2 aliphatic heterocycles. The van der Waals surface area contributed by atoms with Gasteiger partial charge in [-0.2, -0.15) is 0 Å². The van der Waals surface area contributed by atoms with Crippen molar-refractivity contribution in [1.82, 2.24) is 9.80 Å². The zero-order chi connectivity index (χ0) is 24.9. The highest BCUT2D eigenvalue weighted by molar-refractivity contribution is 6.15. The molecule has 2 heterocycles. The predicted molar refractivity (Wildman–Crippen MR) is 145 cm³/mol. The van der Waals surface area contributed by atoms with E-state index in [9.17, 15) is 4.79 Å². The van der Waals surface area contributed by atoms with Gasteiger partial charge in [-0.3, -0.25) is 9.69 Å². The molecule has 0 saturated carbocycles. The molecule has 4 rings (SSSR count). The second-order valence-electron chi connectivity index (χ2n) is 9.39. The lowest BCUT2D eigenvalue weighted by Crippen LogP contribution is -2.53. The fourth-order valence-corrected chi connectivity index (χ4v) is 4.39. The molecular formula is C30H34N4O. The van der Waals surface area contributed by atoms with E-state index in [0.29, 0.717) is 18.8 Å². The predicted octanol–water partition coefficient (Wildman–Crippen LogP) is 4.79. The molecule has 1 atom stereocenters. The fourth-order valence-electron chi connectivity index (χ4n) is 4.39. The average molecular weight is 467 g/mol. The first kappa shape index (κ1) is 24.4. The van der Waals surface area contributed by atoms with Crippen LogP contribution in [0.15, 0.2) is 95.7 Å². The van der Waals surface area contributed by atoms with Crippen LogP contribution in [-0.2, 0) is 11.3 Å². The largest absolute Gasteiger partial charge is 0.394 e. The Morgan fingerprint density at radius 1 is 1.14 bits per heavy atom.